The molecule has 0 saturated heterocycles. The van der Waals surface area contributed by atoms with Crippen molar-refractivity contribution in [2.75, 3.05) is 11.1 Å². The summed E-state index contributed by atoms with van der Waals surface area (Å²) in [7, 11) is 0. The van der Waals surface area contributed by atoms with Gasteiger partial charge in [-0.25, -0.2) is 0 Å². The highest BCUT2D eigenvalue weighted by Gasteiger charge is 2.13. The monoisotopic (exact) mass is 274 g/mol. The highest BCUT2D eigenvalue weighted by molar-refractivity contribution is 7.11. The van der Waals surface area contributed by atoms with Gasteiger partial charge in [-0.15, -0.1) is 0 Å². The van der Waals surface area contributed by atoms with E-state index in [1.807, 2.05) is 12.1 Å². The minimum Gasteiger partial charge on any atom is -0.382 e. The molecule has 8 heteroatoms. The third-order valence-corrected chi connectivity index (χ3v) is 3.32. The smallest absolute Gasteiger partial charge is 0.213 e. The molecule has 0 saturated carbocycles. The van der Waals surface area contributed by atoms with Crippen LogP contribution in [0.5, 0.6) is 0 Å². The van der Waals surface area contributed by atoms with Gasteiger partial charge in [-0.05, 0) is 29.2 Å². The van der Waals surface area contributed by atoms with Crippen LogP contribution in [0.3, 0.4) is 0 Å². The van der Waals surface area contributed by atoms with E-state index in [1.165, 1.54) is 17.9 Å². The summed E-state index contributed by atoms with van der Waals surface area (Å²) in [6.07, 6.45) is 4.73. The van der Waals surface area contributed by atoms with Crippen LogP contribution >= 0.6 is 11.5 Å². The van der Waals surface area contributed by atoms with E-state index in [4.69, 9.17) is 5.73 Å². The molecule has 0 fully saturated rings. The predicted octanol–water partition coefficient (Wildman–Crippen LogP) is 1.78. The Morgan fingerprint density at radius 3 is 2.89 bits per heavy atom. The van der Waals surface area contributed by atoms with Crippen LogP contribution in [0.25, 0.3) is 11.1 Å². The first-order chi connectivity index (χ1) is 9.34. The van der Waals surface area contributed by atoms with Gasteiger partial charge in [0, 0.05) is 12.4 Å². The van der Waals surface area contributed by atoms with Crippen molar-refractivity contribution in [1.82, 2.24) is 19.5 Å². The molecule has 0 bridgehead atoms. The second kappa shape index (κ2) is 5.02. The first kappa shape index (κ1) is 11.6. The Bertz CT molecular complexity index is 651. The molecule has 3 aromatic rings. The maximum atomic E-state index is 5.91. The van der Waals surface area contributed by atoms with Crippen LogP contribution in [-0.4, -0.2) is 19.5 Å². The average molecular weight is 274 g/mol. The van der Waals surface area contributed by atoms with Gasteiger partial charge >= 0.3 is 0 Å². The predicted molar refractivity (Wildman–Crippen MR) is 71.4 cm³/mol. The second-order valence-electron chi connectivity index (χ2n) is 3.71. The Morgan fingerprint density at radius 2 is 2.16 bits per heavy atom. The van der Waals surface area contributed by atoms with Gasteiger partial charge in [-0.1, -0.05) is 5.16 Å². The topological polar surface area (TPSA) is 103 Å². The Kier molecular flexibility index (Phi) is 3.07. The van der Waals surface area contributed by atoms with Crippen LogP contribution < -0.4 is 11.1 Å². The Morgan fingerprint density at radius 1 is 1.32 bits per heavy atom. The number of nitrogens with one attached hydrogen (secondary N) is 1. The summed E-state index contributed by atoms with van der Waals surface area (Å²) in [6.45, 7) is 0.455. The summed E-state index contributed by atoms with van der Waals surface area (Å²) in [5.74, 6) is 1.07. The molecule has 96 valence electrons. The molecule has 3 rings (SSSR count). The average Bonchev–Trinajstić information content (AvgIpc) is 3.07. The largest absolute Gasteiger partial charge is 0.382 e. The highest BCUT2D eigenvalue weighted by Crippen LogP contribution is 2.36. The summed E-state index contributed by atoms with van der Waals surface area (Å²) >= 11 is 1.30. The molecule has 19 heavy (non-hydrogen) atoms. The van der Waals surface area contributed by atoms with Crippen molar-refractivity contribution in [3.63, 3.8) is 0 Å². The molecule has 3 aromatic heterocycles. The minimum atomic E-state index is 0.455. The quantitative estimate of drug-likeness (QED) is 0.747. The number of hydrogen-bond donors (Lipinski definition) is 2. The molecule has 7 nitrogen and oxygen atoms in total. The summed E-state index contributed by atoms with van der Waals surface area (Å²) in [5.41, 5.74) is 7.75. The zero-order valence-electron chi connectivity index (χ0n) is 9.78. The van der Waals surface area contributed by atoms with Crippen LogP contribution in [0.4, 0.5) is 10.8 Å². The number of rotatable bonds is 4. The number of nitrogens with two attached hydrogens (primary N) is 1. The zero-order valence-corrected chi connectivity index (χ0v) is 10.6. The lowest BCUT2D eigenvalue weighted by Crippen LogP contribution is -2.01. The molecular formula is C11H10N6OS. The van der Waals surface area contributed by atoms with Crippen LogP contribution in [0.1, 0.15) is 5.82 Å². The van der Waals surface area contributed by atoms with E-state index in [0.717, 1.165) is 16.1 Å². The van der Waals surface area contributed by atoms with Crippen LogP contribution in [0.2, 0.25) is 0 Å². The first-order valence-corrected chi connectivity index (χ1v) is 6.26. The van der Waals surface area contributed by atoms with Crippen LogP contribution in [0.15, 0.2) is 35.4 Å². The normalized spacial score (nSPS) is 10.5. The summed E-state index contributed by atoms with van der Waals surface area (Å²) in [6, 6.07) is 3.78. The summed E-state index contributed by atoms with van der Waals surface area (Å²) in [4.78, 5) is 7.93. The molecule has 0 amide bonds. The maximum Gasteiger partial charge on any atom is 0.213 e. The lowest BCUT2D eigenvalue weighted by molar-refractivity contribution is 0.411. The van der Waals surface area contributed by atoms with Gasteiger partial charge in [0.05, 0.1) is 12.1 Å². The van der Waals surface area contributed by atoms with Crippen LogP contribution in [-0.2, 0) is 6.54 Å². The molecular weight excluding hydrogens is 264 g/mol. The standard InChI is InChI=1S/C11H10N6OS/c12-10-9(7-1-3-13-4-2-7)11(19-17-10)14-5-8-15-6-18-16-8/h1-4,6,14H,5H2,(H2,12,17). The van der Waals surface area contributed by atoms with Gasteiger partial charge in [-0.2, -0.15) is 9.36 Å². The number of pyridine rings is 1. The van der Waals surface area contributed by atoms with Gasteiger partial charge in [0.1, 0.15) is 10.8 Å². The maximum absolute atomic E-state index is 5.91. The number of hydrogen-bond acceptors (Lipinski definition) is 8. The van der Waals surface area contributed by atoms with Crippen molar-refractivity contribution in [1.29, 1.82) is 0 Å². The van der Waals surface area contributed by atoms with Gasteiger partial charge in [0.25, 0.3) is 0 Å². The lowest BCUT2D eigenvalue weighted by Gasteiger charge is -2.05. The van der Waals surface area contributed by atoms with Gasteiger partial charge in [-0.3, -0.25) is 4.98 Å². The summed E-state index contributed by atoms with van der Waals surface area (Å²) < 4.78 is 8.84. The molecule has 0 spiro atoms. The van der Waals surface area contributed by atoms with Crippen molar-refractivity contribution in [2.24, 2.45) is 0 Å². The number of anilines is 2. The first-order valence-electron chi connectivity index (χ1n) is 5.49. The Labute approximate surface area is 112 Å². The second-order valence-corrected chi connectivity index (χ2v) is 4.48. The van der Waals surface area contributed by atoms with Crippen molar-refractivity contribution in [2.45, 2.75) is 6.54 Å². The van der Waals surface area contributed by atoms with E-state index in [9.17, 15) is 0 Å². The van der Waals surface area contributed by atoms with Crippen molar-refractivity contribution in [3.8, 4) is 11.1 Å². The van der Waals surface area contributed by atoms with E-state index >= 15 is 0 Å². The van der Waals surface area contributed by atoms with E-state index < -0.39 is 0 Å². The molecule has 0 radical (unpaired) electrons. The molecule has 3 heterocycles. The Balaban J connectivity index is 1.87. The SMILES string of the molecule is Nc1nsc(NCc2ncon2)c1-c1ccncc1. The zero-order chi connectivity index (χ0) is 13.1. The van der Waals surface area contributed by atoms with Gasteiger partial charge in [0.15, 0.2) is 5.82 Å². The number of aromatic nitrogens is 4. The fraction of sp³-hybridized carbons (Fsp3) is 0.0909. The fourth-order valence-corrected chi connectivity index (χ4v) is 2.38. The lowest BCUT2D eigenvalue weighted by atomic mass is 10.1. The third-order valence-electron chi connectivity index (χ3n) is 2.50. The van der Waals surface area contributed by atoms with Crippen molar-refractivity contribution >= 4 is 22.4 Å². The molecule has 0 aliphatic carbocycles. The molecule has 3 N–H and O–H groups in total. The van der Waals surface area contributed by atoms with Crippen molar-refractivity contribution in [3.05, 3.63) is 36.7 Å². The van der Waals surface area contributed by atoms with E-state index in [0.29, 0.717) is 18.2 Å². The molecule has 0 unspecified atom stereocenters. The molecule has 0 aromatic carbocycles. The van der Waals surface area contributed by atoms with Gasteiger partial charge < -0.3 is 15.6 Å². The highest BCUT2D eigenvalue weighted by atomic mass is 32.1. The minimum absolute atomic E-state index is 0.455. The van der Waals surface area contributed by atoms with Gasteiger partial charge in [0.2, 0.25) is 6.39 Å². The number of nitrogens with zero attached hydrogens (tertiary/aromatic N) is 4. The molecule has 0 atom stereocenters. The Hall–Kier alpha value is -2.48. The van der Waals surface area contributed by atoms with E-state index in [2.05, 4.69) is 29.3 Å². The van der Waals surface area contributed by atoms with E-state index in [-0.39, 0.29) is 0 Å². The number of nitrogen functional groups attached to an aromatic ring is 1. The molecule has 0 aliphatic rings. The third kappa shape index (κ3) is 2.38. The van der Waals surface area contributed by atoms with Crippen LogP contribution in [0, 0.1) is 0 Å². The summed E-state index contributed by atoms with van der Waals surface area (Å²) in [5, 5.41) is 7.81. The fourth-order valence-electron chi connectivity index (χ4n) is 1.65. The van der Waals surface area contributed by atoms with Crippen molar-refractivity contribution < 1.29 is 4.52 Å². The molecule has 0 aliphatic heterocycles. The van der Waals surface area contributed by atoms with E-state index in [1.54, 1.807) is 12.4 Å².